The van der Waals surface area contributed by atoms with Gasteiger partial charge in [-0.05, 0) is 0 Å². The van der Waals surface area contributed by atoms with E-state index in [-0.39, 0.29) is 0 Å². The van der Waals surface area contributed by atoms with E-state index in [2.05, 4.69) is 9.98 Å². The fourth-order valence-electron chi connectivity index (χ4n) is 0.298. The topological polar surface area (TPSA) is 75.9 Å². The van der Waals surface area contributed by atoms with Crippen molar-refractivity contribution in [3.05, 3.63) is 0 Å². The summed E-state index contributed by atoms with van der Waals surface area (Å²) in [7, 11) is -3.42. The Bertz CT molecular complexity index is 264. The quantitative estimate of drug-likeness (QED) is 0.466. The minimum absolute atomic E-state index is 0.572. The molecule has 0 unspecified atom stereocenters. The van der Waals surface area contributed by atoms with Crippen LogP contribution in [0.1, 0.15) is 0 Å². The highest BCUT2D eigenvalue weighted by Gasteiger charge is 2.08. The molecule has 2 amide bonds. The second-order valence-corrected chi connectivity index (χ2v) is 2.94. The fourth-order valence-corrected chi connectivity index (χ4v) is 0.826. The van der Waals surface area contributed by atoms with Crippen molar-refractivity contribution in [2.75, 3.05) is 0 Å². The fraction of sp³-hybridized carbons (Fsp3) is 0. The summed E-state index contributed by atoms with van der Waals surface area (Å²) < 4.78 is 20.7. The summed E-state index contributed by atoms with van der Waals surface area (Å²) in [4.78, 5) is 16.0. The van der Waals surface area contributed by atoms with E-state index in [1.54, 1.807) is 0 Å². The molecule has 0 saturated heterocycles. The molecule has 0 aromatic carbocycles. The molecule has 0 aromatic heterocycles. The van der Waals surface area contributed by atoms with E-state index in [1.165, 1.54) is 0 Å². The van der Waals surface area contributed by atoms with Crippen LogP contribution in [-0.2, 0) is 9.84 Å². The van der Waals surface area contributed by atoms with Crippen LogP contribution in [0.4, 0.5) is 4.79 Å². The van der Waals surface area contributed by atoms with Gasteiger partial charge in [-0.15, -0.1) is 0 Å². The van der Waals surface area contributed by atoms with Crippen LogP contribution < -0.4 is 0 Å². The molecule has 1 aliphatic rings. The SMILES string of the molecule is O=C1N=CS(=O)(=O)C=N1. The molecular weight excluding hydrogens is 144 g/mol. The van der Waals surface area contributed by atoms with E-state index in [0.29, 0.717) is 11.1 Å². The lowest BCUT2D eigenvalue weighted by Crippen LogP contribution is -2.08. The second kappa shape index (κ2) is 1.73. The van der Waals surface area contributed by atoms with Gasteiger partial charge in [-0.25, -0.2) is 13.2 Å². The highest BCUT2D eigenvalue weighted by Crippen LogP contribution is 1.91. The first kappa shape index (κ1) is 6.09. The molecule has 6 heteroatoms. The monoisotopic (exact) mass is 146 g/mol. The number of nitrogens with zero attached hydrogens (tertiary/aromatic N) is 2. The van der Waals surface area contributed by atoms with Crippen LogP contribution in [0.3, 0.4) is 0 Å². The van der Waals surface area contributed by atoms with Gasteiger partial charge in [0.15, 0.2) is 0 Å². The number of amides is 2. The van der Waals surface area contributed by atoms with E-state index in [1.807, 2.05) is 0 Å². The third kappa shape index (κ3) is 1.43. The Balaban J connectivity index is 3.10. The summed E-state index contributed by atoms with van der Waals surface area (Å²) >= 11 is 0. The number of aliphatic imine (C=N–C) groups is 2. The number of hydrogen-bond acceptors (Lipinski definition) is 3. The maximum atomic E-state index is 10.3. The van der Waals surface area contributed by atoms with Gasteiger partial charge in [0.25, 0.3) is 0 Å². The highest BCUT2D eigenvalue weighted by atomic mass is 32.2. The molecule has 1 rings (SSSR count). The van der Waals surface area contributed by atoms with Crippen LogP contribution in [0.5, 0.6) is 0 Å². The molecule has 0 aromatic rings. The van der Waals surface area contributed by atoms with E-state index in [9.17, 15) is 13.2 Å². The first-order valence-corrected chi connectivity index (χ1v) is 3.58. The van der Waals surface area contributed by atoms with Gasteiger partial charge in [0.05, 0.1) is 0 Å². The van der Waals surface area contributed by atoms with Crippen molar-refractivity contribution in [3.63, 3.8) is 0 Å². The first-order chi connectivity index (χ1) is 4.10. The summed E-state index contributed by atoms with van der Waals surface area (Å²) in [6.07, 6.45) is 0. The lowest BCUT2D eigenvalue weighted by molar-refractivity contribution is 0.257. The van der Waals surface area contributed by atoms with E-state index < -0.39 is 15.9 Å². The third-order valence-electron chi connectivity index (χ3n) is 0.620. The lowest BCUT2D eigenvalue weighted by Gasteiger charge is -1.90. The molecule has 0 atom stereocenters. The maximum absolute atomic E-state index is 10.3. The zero-order chi connectivity index (χ0) is 6.91. The van der Waals surface area contributed by atoms with Crippen LogP contribution in [0.2, 0.25) is 0 Å². The average Bonchev–Trinajstić information content (AvgIpc) is 1.78. The Kier molecular flexibility index (Phi) is 1.17. The van der Waals surface area contributed by atoms with E-state index in [4.69, 9.17) is 0 Å². The molecule has 1 aliphatic heterocycles. The zero-order valence-corrected chi connectivity index (χ0v) is 5.00. The molecule has 0 saturated carbocycles. The molecule has 5 nitrogen and oxygen atoms in total. The van der Waals surface area contributed by atoms with E-state index in [0.717, 1.165) is 0 Å². The first-order valence-electron chi connectivity index (χ1n) is 1.97. The van der Waals surface area contributed by atoms with Crippen molar-refractivity contribution in [1.29, 1.82) is 0 Å². The molecule has 0 radical (unpaired) electrons. The summed E-state index contributed by atoms with van der Waals surface area (Å²) in [6, 6.07) is -0.787. The minimum atomic E-state index is -3.42. The van der Waals surface area contributed by atoms with E-state index >= 15 is 0 Å². The van der Waals surface area contributed by atoms with Crippen LogP contribution in [0.15, 0.2) is 9.98 Å². The van der Waals surface area contributed by atoms with Crippen molar-refractivity contribution in [1.82, 2.24) is 0 Å². The Morgan fingerprint density at radius 3 is 2.00 bits per heavy atom. The van der Waals surface area contributed by atoms with Gasteiger partial charge in [-0.1, -0.05) is 0 Å². The van der Waals surface area contributed by atoms with Crippen molar-refractivity contribution >= 4 is 27.0 Å². The summed E-state index contributed by atoms with van der Waals surface area (Å²) in [5.41, 5.74) is 1.14. The Labute approximate surface area is 51.0 Å². The van der Waals surface area contributed by atoms with Crippen molar-refractivity contribution in [2.45, 2.75) is 0 Å². The number of carbonyl (C=O) groups excluding carboxylic acids is 1. The zero-order valence-electron chi connectivity index (χ0n) is 4.18. The smallest absolute Gasteiger partial charge is 0.244 e. The van der Waals surface area contributed by atoms with Gasteiger partial charge in [0.2, 0.25) is 9.84 Å². The highest BCUT2D eigenvalue weighted by molar-refractivity contribution is 8.16. The number of carbonyl (C=O) groups is 1. The standard InChI is InChI=1S/C3H2N2O3S/c6-3-4-1-9(7,8)2-5-3/h1-2H. The number of urea groups is 1. The normalized spacial score (nSPS) is 22.4. The van der Waals surface area contributed by atoms with Crippen molar-refractivity contribution < 1.29 is 13.2 Å². The summed E-state index contributed by atoms with van der Waals surface area (Å²) in [6.45, 7) is 0. The molecular formula is C3H2N2O3S. The number of sulfone groups is 1. The van der Waals surface area contributed by atoms with Crippen molar-refractivity contribution in [2.24, 2.45) is 9.98 Å². The molecule has 0 fully saturated rings. The van der Waals surface area contributed by atoms with Gasteiger partial charge in [-0.2, -0.15) is 9.98 Å². The van der Waals surface area contributed by atoms with Gasteiger partial charge in [0.1, 0.15) is 11.1 Å². The van der Waals surface area contributed by atoms with Gasteiger partial charge < -0.3 is 0 Å². The maximum Gasteiger partial charge on any atom is 0.368 e. The van der Waals surface area contributed by atoms with Crippen LogP contribution in [-0.4, -0.2) is 25.5 Å². The molecule has 0 spiro atoms. The van der Waals surface area contributed by atoms with Crippen molar-refractivity contribution in [3.8, 4) is 0 Å². The number of hydrogen-bond donors (Lipinski definition) is 0. The minimum Gasteiger partial charge on any atom is -0.244 e. The molecule has 0 bridgehead atoms. The second-order valence-electron chi connectivity index (χ2n) is 1.34. The predicted molar refractivity (Wildman–Crippen MR) is 31.3 cm³/mol. The van der Waals surface area contributed by atoms with Crippen LogP contribution >= 0.6 is 0 Å². The average molecular weight is 146 g/mol. The Morgan fingerprint density at radius 2 is 1.67 bits per heavy atom. The Morgan fingerprint density at radius 1 is 1.22 bits per heavy atom. The van der Waals surface area contributed by atoms with Crippen LogP contribution in [0.25, 0.3) is 0 Å². The Hall–Kier alpha value is -1.04. The van der Waals surface area contributed by atoms with Gasteiger partial charge >= 0.3 is 6.03 Å². The lowest BCUT2D eigenvalue weighted by atomic mass is 11.1. The molecule has 0 N–H and O–H groups in total. The largest absolute Gasteiger partial charge is 0.368 e. The molecule has 9 heavy (non-hydrogen) atoms. The molecule has 1 heterocycles. The third-order valence-corrected chi connectivity index (χ3v) is 1.42. The predicted octanol–water partition coefficient (Wildman–Crippen LogP) is -0.409. The van der Waals surface area contributed by atoms with Gasteiger partial charge in [-0.3, -0.25) is 0 Å². The van der Waals surface area contributed by atoms with Gasteiger partial charge in [0, 0.05) is 0 Å². The number of rotatable bonds is 0. The molecule has 0 aliphatic carbocycles. The van der Waals surface area contributed by atoms with Crippen LogP contribution in [0, 0.1) is 0 Å². The molecule has 48 valence electrons. The summed E-state index contributed by atoms with van der Waals surface area (Å²) in [5, 5.41) is 0. The summed E-state index contributed by atoms with van der Waals surface area (Å²) in [5.74, 6) is 0.